The molecule has 0 aliphatic carbocycles. The number of amides is 1. The number of fused-ring (bicyclic) bond motifs is 1. The molecule has 32 heavy (non-hydrogen) atoms. The van der Waals surface area contributed by atoms with Gasteiger partial charge in [-0.3, -0.25) is 9.59 Å². The first kappa shape index (κ1) is 21.8. The highest BCUT2D eigenvalue weighted by atomic mass is 32.1. The fourth-order valence-electron chi connectivity index (χ4n) is 3.68. The number of nitrogens with one attached hydrogen (secondary N) is 2. The summed E-state index contributed by atoms with van der Waals surface area (Å²) in [4.78, 5) is 34.1. The molecule has 2 aromatic carbocycles. The zero-order valence-corrected chi connectivity index (χ0v) is 19.1. The lowest BCUT2D eigenvalue weighted by molar-refractivity contribution is -0.116. The van der Waals surface area contributed by atoms with Crippen molar-refractivity contribution < 1.29 is 9.53 Å². The highest BCUT2D eigenvalue weighted by Gasteiger charge is 2.13. The number of aromatic amines is 1. The molecule has 4 aromatic rings. The fraction of sp³-hybridized carbons (Fsp3) is 0.240. The highest BCUT2D eigenvalue weighted by molar-refractivity contribution is 7.18. The fourth-order valence-corrected chi connectivity index (χ4v) is 4.73. The number of carbonyl (C=O) groups is 1. The number of hydrogen-bond acceptors (Lipinski definition) is 5. The molecule has 2 N–H and O–H groups in total. The van der Waals surface area contributed by atoms with E-state index in [-0.39, 0.29) is 17.9 Å². The minimum absolute atomic E-state index is 0.137. The first-order valence-electron chi connectivity index (χ1n) is 10.4. The van der Waals surface area contributed by atoms with Crippen LogP contribution in [0.2, 0.25) is 0 Å². The van der Waals surface area contributed by atoms with Crippen LogP contribution >= 0.6 is 11.3 Å². The Labute approximate surface area is 190 Å². The molecular formula is C25H25N3O3S. The van der Waals surface area contributed by atoms with Crippen molar-refractivity contribution >= 4 is 33.1 Å². The average molecular weight is 448 g/mol. The van der Waals surface area contributed by atoms with E-state index in [4.69, 9.17) is 4.74 Å². The molecule has 0 spiro atoms. The maximum absolute atomic E-state index is 12.6. The zero-order valence-electron chi connectivity index (χ0n) is 18.3. The largest absolute Gasteiger partial charge is 0.496 e. The molecule has 0 aliphatic heterocycles. The molecule has 1 amide bonds. The molecule has 0 atom stereocenters. The molecule has 0 saturated heterocycles. The van der Waals surface area contributed by atoms with Gasteiger partial charge in [-0.25, -0.2) is 4.98 Å². The summed E-state index contributed by atoms with van der Waals surface area (Å²) in [6, 6.07) is 15.7. The molecule has 0 saturated carbocycles. The van der Waals surface area contributed by atoms with Crippen LogP contribution in [0.1, 0.15) is 33.8 Å². The van der Waals surface area contributed by atoms with Crippen LogP contribution in [0, 0.1) is 13.8 Å². The van der Waals surface area contributed by atoms with Gasteiger partial charge >= 0.3 is 0 Å². The molecule has 0 bridgehead atoms. The smallest absolute Gasteiger partial charge is 0.259 e. The predicted octanol–water partition coefficient (Wildman–Crippen LogP) is 4.77. The summed E-state index contributed by atoms with van der Waals surface area (Å²) in [6.45, 7) is 3.91. The van der Waals surface area contributed by atoms with Gasteiger partial charge in [0.2, 0.25) is 5.91 Å². The lowest BCUT2D eigenvalue weighted by atomic mass is 10.0. The number of H-pyrrole nitrogens is 1. The van der Waals surface area contributed by atoms with E-state index < -0.39 is 0 Å². The second kappa shape index (κ2) is 9.36. The summed E-state index contributed by atoms with van der Waals surface area (Å²) < 4.78 is 5.49. The number of nitrogens with zero attached hydrogens (tertiary/aromatic N) is 1. The highest BCUT2D eigenvalue weighted by Crippen LogP contribution is 2.27. The van der Waals surface area contributed by atoms with Gasteiger partial charge in [-0.15, -0.1) is 11.3 Å². The molecule has 7 heteroatoms. The van der Waals surface area contributed by atoms with Crippen molar-refractivity contribution in [3.8, 4) is 5.75 Å². The number of aryl methyl sites for hydroxylation is 3. The average Bonchev–Trinajstić information content (AvgIpc) is 3.07. The first-order chi connectivity index (χ1) is 15.4. The van der Waals surface area contributed by atoms with Crippen LogP contribution in [0.4, 0.5) is 5.69 Å². The number of carbonyl (C=O) groups excluding carboxylic acids is 1. The van der Waals surface area contributed by atoms with Gasteiger partial charge in [-0.2, -0.15) is 0 Å². The number of ether oxygens (including phenoxy) is 1. The predicted molar refractivity (Wildman–Crippen MR) is 129 cm³/mol. The van der Waals surface area contributed by atoms with E-state index in [0.29, 0.717) is 29.7 Å². The Balaban J connectivity index is 1.44. The van der Waals surface area contributed by atoms with Gasteiger partial charge in [0, 0.05) is 35.4 Å². The van der Waals surface area contributed by atoms with Crippen LogP contribution in [0.5, 0.6) is 5.75 Å². The molecular weight excluding hydrogens is 422 g/mol. The van der Waals surface area contributed by atoms with Crippen molar-refractivity contribution in [2.75, 3.05) is 12.4 Å². The molecule has 6 nitrogen and oxygen atoms in total. The van der Waals surface area contributed by atoms with E-state index in [1.807, 2.05) is 50.2 Å². The molecule has 2 aromatic heterocycles. The SMILES string of the molecule is COc1ccc(NC(=O)CCc2nc3sc(C)c(C)c3c(=O)[nH]2)cc1Cc1ccccc1. The second-order valence-electron chi connectivity index (χ2n) is 7.71. The topological polar surface area (TPSA) is 84.1 Å². The Bertz CT molecular complexity index is 1330. The Kier molecular flexibility index (Phi) is 6.37. The number of aromatic nitrogens is 2. The van der Waals surface area contributed by atoms with Gasteiger partial charge in [-0.05, 0) is 43.2 Å². The zero-order chi connectivity index (χ0) is 22.7. The van der Waals surface area contributed by atoms with E-state index in [9.17, 15) is 9.59 Å². The van der Waals surface area contributed by atoms with Crippen LogP contribution in [0.15, 0.2) is 53.3 Å². The summed E-state index contributed by atoms with van der Waals surface area (Å²) in [6.07, 6.45) is 1.29. The lowest BCUT2D eigenvalue weighted by Crippen LogP contribution is -2.16. The Morgan fingerprint density at radius 1 is 1.16 bits per heavy atom. The molecule has 0 aliphatic rings. The first-order valence-corrected chi connectivity index (χ1v) is 11.3. The number of hydrogen-bond donors (Lipinski definition) is 2. The van der Waals surface area contributed by atoms with Crippen LogP contribution in [-0.4, -0.2) is 23.0 Å². The van der Waals surface area contributed by atoms with Gasteiger partial charge < -0.3 is 15.0 Å². The number of anilines is 1. The molecule has 0 fully saturated rings. The number of thiophene rings is 1. The molecule has 164 valence electrons. The van der Waals surface area contributed by atoms with Crippen LogP contribution in [-0.2, 0) is 17.6 Å². The third-order valence-corrected chi connectivity index (χ3v) is 6.58. The third kappa shape index (κ3) is 4.73. The maximum Gasteiger partial charge on any atom is 0.259 e. The molecule has 4 rings (SSSR count). The van der Waals surface area contributed by atoms with E-state index >= 15 is 0 Å². The summed E-state index contributed by atoms with van der Waals surface area (Å²) in [5.41, 5.74) is 3.69. The Morgan fingerprint density at radius 2 is 1.94 bits per heavy atom. The van der Waals surface area contributed by atoms with Crippen molar-refractivity contribution in [1.82, 2.24) is 9.97 Å². The number of benzene rings is 2. The Hall–Kier alpha value is -3.45. The normalized spacial score (nSPS) is 11.0. The molecule has 2 heterocycles. The van der Waals surface area contributed by atoms with Gasteiger partial charge in [0.25, 0.3) is 5.56 Å². The van der Waals surface area contributed by atoms with E-state index in [2.05, 4.69) is 27.4 Å². The van der Waals surface area contributed by atoms with Crippen LogP contribution < -0.4 is 15.6 Å². The second-order valence-corrected chi connectivity index (χ2v) is 8.92. The molecule has 0 radical (unpaired) electrons. The maximum atomic E-state index is 12.6. The summed E-state index contributed by atoms with van der Waals surface area (Å²) in [5.74, 6) is 1.17. The number of rotatable bonds is 7. The minimum Gasteiger partial charge on any atom is -0.496 e. The number of methoxy groups -OCH3 is 1. The third-order valence-electron chi connectivity index (χ3n) is 5.48. The Morgan fingerprint density at radius 3 is 2.69 bits per heavy atom. The summed E-state index contributed by atoms with van der Waals surface area (Å²) >= 11 is 1.51. The van der Waals surface area contributed by atoms with Crippen molar-refractivity contribution in [2.24, 2.45) is 0 Å². The van der Waals surface area contributed by atoms with Crippen LogP contribution in [0.3, 0.4) is 0 Å². The lowest BCUT2D eigenvalue weighted by Gasteiger charge is -2.12. The van der Waals surface area contributed by atoms with Crippen molar-refractivity contribution in [2.45, 2.75) is 33.1 Å². The van der Waals surface area contributed by atoms with E-state index in [0.717, 1.165) is 26.6 Å². The van der Waals surface area contributed by atoms with Crippen LogP contribution in [0.25, 0.3) is 10.2 Å². The van der Waals surface area contributed by atoms with Crippen molar-refractivity contribution in [1.29, 1.82) is 0 Å². The minimum atomic E-state index is -0.145. The van der Waals surface area contributed by atoms with Gasteiger partial charge in [0.15, 0.2) is 0 Å². The van der Waals surface area contributed by atoms with Gasteiger partial charge in [0.05, 0.1) is 12.5 Å². The van der Waals surface area contributed by atoms with Crippen molar-refractivity contribution in [3.63, 3.8) is 0 Å². The van der Waals surface area contributed by atoms with Crippen molar-refractivity contribution in [3.05, 3.63) is 86.3 Å². The monoisotopic (exact) mass is 447 g/mol. The standard InChI is InChI=1S/C25H25N3O3S/c1-15-16(2)32-25-23(15)24(30)27-21(28-25)11-12-22(29)26-19-9-10-20(31-3)18(14-19)13-17-7-5-4-6-8-17/h4-10,14H,11-13H2,1-3H3,(H,26,29)(H,27,28,30). The van der Waals surface area contributed by atoms with Gasteiger partial charge in [-0.1, -0.05) is 30.3 Å². The quantitative estimate of drug-likeness (QED) is 0.427. The summed E-state index contributed by atoms with van der Waals surface area (Å²) in [5, 5.41) is 3.59. The van der Waals surface area contributed by atoms with E-state index in [1.165, 1.54) is 16.9 Å². The molecule has 0 unspecified atom stereocenters. The summed E-state index contributed by atoms with van der Waals surface area (Å²) in [7, 11) is 1.64. The van der Waals surface area contributed by atoms with E-state index in [1.54, 1.807) is 7.11 Å². The van der Waals surface area contributed by atoms with Gasteiger partial charge in [0.1, 0.15) is 16.4 Å².